The third-order valence-electron chi connectivity index (χ3n) is 1.97. The minimum Gasteiger partial charge on any atom is -0.173 e. The lowest BCUT2D eigenvalue weighted by Crippen LogP contribution is -2.29. The lowest BCUT2D eigenvalue weighted by molar-refractivity contribution is -0.146. The third-order valence-corrected chi connectivity index (χ3v) is 2.33. The van der Waals surface area contributed by atoms with E-state index in [-0.39, 0.29) is 0 Å². The maximum atomic E-state index is 12.0. The van der Waals surface area contributed by atoms with Gasteiger partial charge in [0.1, 0.15) is 0 Å². The van der Waals surface area contributed by atoms with Crippen LogP contribution in [0.15, 0.2) is 0 Å². The largest absolute Gasteiger partial charge is 0.389 e. The molecule has 12 heavy (non-hydrogen) atoms. The molecule has 0 rings (SSSR count). The van der Waals surface area contributed by atoms with Gasteiger partial charge in [-0.1, -0.05) is 27.2 Å². The molecular formula is C8H15F3S. The van der Waals surface area contributed by atoms with Crippen molar-refractivity contribution in [2.75, 3.05) is 0 Å². The van der Waals surface area contributed by atoms with Gasteiger partial charge >= 0.3 is 6.18 Å². The van der Waals surface area contributed by atoms with Crippen molar-refractivity contribution in [3.05, 3.63) is 0 Å². The number of hydrogen-bond acceptors (Lipinski definition) is 1. The number of thiol groups is 1. The van der Waals surface area contributed by atoms with E-state index in [4.69, 9.17) is 0 Å². The molecule has 1 atom stereocenters. The van der Waals surface area contributed by atoms with E-state index in [0.717, 1.165) is 0 Å². The molecule has 0 amide bonds. The Morgan fingerprint density at radius 3 is 1.75 bits per heavy atom. The molecule has 0 aromatic heterocycles. The highest BCUT2D eigenvalue weighted by molar-refractivity contribution is 7.81. The summed E-state index contributed by atoms with van der Waals surface area (Å²) in [4.78, 5) is 0. The highest BCUT2D eigenvalue weighted by Gasteiger charge is 2.36. The van der Waals surface area contributed by atoms with Gasteiger partial charge in [0.05, 0.1) is 0 Å². The normalized spacial score (nSPS) is 16.2. The summed E-state index contributed by atoms with van der Waals surface area (Å²) in [7, 11) is 0. The van der Waals surface area contributed by atoms with E-state index in [1.165, 1.54) is 0 Å². The van der Waals surface area contributed by atoms with Crippen molar-refractivity contribution in [3.63, 3.8) is 0 Å². The molecule has 0 aromatic rings. The van der Waals surface area contributed by atoms with E-state index < -0.39 is 23.3 Å². The zero-order chi connectivity index (χ0) is 9.99. The monoisotopic (exact) mass is 200 g/mol. The van der Waals surface area contributed by atoms with Crippen LogP contribution in [0.3, 0.4) is 0 Å². The van der Waals surface area contributed by atoms with Crippen molar-refractivity contribution < 1.29 is 13.2 Å². The first kappa shape index (κ1) is 12.1. The van der Waals surface area contributed by atoms with Gasteiger partial charge in [-0.15, -0.1) is 0 Å². The quantitative estimate of drug-likeness (QED) is 0.660. The maximum absolute atomic E-state index is 12.0. The van der Waals surface area contributed by atoms with Gasteiger partial charge < -0.3 is 0 Å². The lowest BCUT2D eigenvalue weighted by Gasteiger charge is -2.29. The lowest BCUT2D eigenvalue weighted by atomic mass is 9.89. The SMILES string of the molecule is CC[C@@H](CC(F)(F)F)C(C)(C)S. The second-order valence-electron chi connectivity index (χ2n) is 3.58. The van der Waals surface area contributed by atoms with Gasteiger partial charge in [-0.05, 0) is 5.92 Å². The third kappa shape index (κ3) is 4.91. The smallest absolute Gasteiger partial charge is 0.173 e. The Hall–Kier alpha value is 0.140. The van der Waals surface area contributed by atoms with E-state index in [1.54, 1.807) is 20.8 Å². The zero-order valence-electron chi connectivity index (χ0n) is 7.57. The molecule has 0 unspecified atom stereocenters. The molecular weight excluding hydrogens is 185 g/mol. The van der Waals surface area contributed by atoms with Crippen LogP contribution in [-0.2, 0) is 0 Å². The van der Waals surface area contributed by atoms with Gasteiger partial charge in [0.2, 0.25) is 0 Å². The van der Waals surface area contributed by atoms with Crippen molar-refractivity contribution in [2.45, 2.75) is 44.5 Å². The second kappa shape index (κ2) is 3.90. The molecule has 0 bridgehead atoms. The average Bonchev–Trinajstić information content (AvgIpc) is 1.78. The first-order chi connectivity index (χ1) is 5.17. The Morgan fingerprint density at radius 2 is 1.67 bits per heavy atom. The van der Waals surface area contributed by atoms with Crippen LogP contribution in [0.5, 0.6) is 0 Å². The summed E-state index contributed by atoms with van der Waals surface area (Å²) in [6.07, 6.45) is -4.29. The highest BCUT2D eigenvalue weighted by Crippen LogP contribution is 2.36. The summed E-state index contributed by atoms with van der Waals surface area (Å²) in [6, 6.07) is 0. The summed E-state index contributed by atoms with van der Waals surface area (Å²) < 4.78 is 35.4. The molecule has 0 N–H and O–H groups in total. The van der Waals surface area contributed by atoms with Crippen LogP contribution in [-0.4, -0.2) is 10.9 Å². The van der Waals surface area contributed by atoms with E-state index >= 15 is 0 Å². The van der Waals surface area contributed by atoms with Gasteiger partial charge in [-0.3, -0.25) is 0 Å². The molecule has 0 aromatic carbocycles. The van der Waals surface area contributed by atoms with E-state index in [9.17, 15) is 13.2 Å². The second-order valence-corrected chi connectivity index (χ2v) is 4.73. The predicted octanol–water partition coefficient (Wildman–Crippen LogP) is 3.67. The van der Waals surface area contributed by atoms with E-state index in [2.05, 4.69) is 12.6 Å². The standard InChI is InChI=1S/C8H15F3S/c1-4-6(7(2,3)12)5-8(9,10)11/h6,12H,4-5H2,1-3H3/t6-/m0/s1. The molecule has 0 aliphatic carbocycles. The fourth-order valence-electron chi connectivity index (χ4n) is 1.17. The minimum atomic E-state index is -4.07. The van der Waals surface area contributed by atoms with Crippen molar-refractivity contribution in [1.82, 2.24) is 0 Å². The van der Waals surface area contributed by atoms with Crippen LogP contribution >= 0.6 is 12.6 Å². The Kier molecular flexibility index (Phi) is 3.94. The Morgan fingerprint density at radius 1 is 1.25 bits per heavy atom. The van der Waals surface area contributed by atoms with Gasteiger partial charge in [0.15, 0.2) is 0 Å². The van der Waals surface area contributed by atoms with Crippen LogP contribution in [0.4, 0.5) is 13.2 Å². The fraction of sp³-hybridized carbons (Fsp3) is 1.00. The number of halogens is 3. The van der Waals surface area contributed by atoms with Crippen molar-refractivity contribution >= 4 is 12.6 Å². The van der Waals surface area contributed by atoms with Gasteiger partial charge in [0, 0.05) is 11.2 Å². The van der Waals surface area contributed by atoms with Crippen molar-refractivity contribution in [3.8, 4) is 0 Å². The Balaban J connectivity index is 4.20. The zero-order valence-corrected chi connectivity index (χ0v) is 8.47. The number of hydrogen-bond donors (Lipinski definition) is 1. The summed E-state index contributed by atoms with van der Waals surface area (Å²) in [5.41, 5.74) is 0. The molecule has 0 heterocycles. The van der Waals surface area contributed by atoms with Crippen LogP contribution in [0.1, 0.15) is 33.6 Å². The minimum absolute atomic E-state index is 0.402. The molecule has 0 saturated carbocycles. The molecule has 0 nitrogen and oxygen atoms in total. The van der Waals surface area contributed by atoms with Crippen LogP contribution in [0, 0.1) is 5.92 Å². The van der Waals surface area contributed by atoms with Crippen molar-refractivity contribution in [1.29, 1.82) is 0 Å². The average molecular weight is 200 g/mol. The molecule has 0 aliphatic rings. The van der Waals surface area contributed by atoms with Crippen LogP contribution in [0.25, 0.3) is 0 Å². The Bertz CT molecular complexity index is 134. The van der Waals surface area contributed by atoms with Gasteiger partial charge in [-0.25, -0.2) is 0 Å². The summed E-state index contributed by atoms with van der Waals surface area (Å²) in [5, 5.41) is 0. The van der Waals surface area contributed by atoms with Gasteiger partial charge in [-0.2, -0.15) is 25.8 Å². The molecule has 0 fully saturated rings. The molecule has 74 valence electrons. The van der Waals surface area contributed by atoms with E-state index in [0.29, 0.717) is 6.42 Å². The molecule has 0 aliphatic heterocycles. The summed E-state index contributed by atoms with van der Waals surface area (Å²) in [5.74, 6) is -0.402. The summed E-state index contributed by atoms with van der Waals surface area (Å²) in [6.45, 7) is 5.19. The molecule has 4 heteroatoms. The first-order valence-corrected chi connectivity index (χ1v) is 4.40. The first-order valence-electron chi connectivity index (χ1n) is 3.96. The molecule has 0 spiro atoms. The number of alkyl halides is 3. The van der Waals surface area contributed by atoms with Crippen molar-refractivity contribution in [2.24, 2.45) is 5.92 Å². The topological polar surface area (TPSA) is 0 Å². The van der Waals surface area contributed by atoms with Crippen LogP contribution in [0.2, 0.25) is 0 Å². The van der Waals surface area contributed by atoms with E-state index in [1.807, 2.05) is 0 Å². The molecule has 0 radical (unpaired) electrons. The van der Waals surface area contributed by atoms with Gasteiger partial charge in [0.25, 0.3) is 0 Å². The summed E-state index contributed by atoms with van der Waals surface area (Å²) >= 11 is 4.14. The number of rotatable bonds is 3. The van der Waals surface area contributed by atoms with Crippen LogP contribution < -0.4 is 0 Å². The maximum Gasteiger partial charge on any atom is 0.389 e. The Labute approximate surface area is 76.9 Å². The highest BCUT2D eigenvalue weighted by atomic mass is 32.1. The fourth-order valence-corrected chi connectivity index (χ4v) is 1.45. The predicted molar refractivity (Wildman–Crippen MR) is 47.5 cm³/mol. The molecule has 0 saturated heterocycles.